The van der Waals surface area contributed by atoms with E-state index in [4.69, 9.17) is 14.5 Å². The van der Waals surface area contributed by atoms with Gasteiger partial charge in [0.05, 0.1) is 18.9 Å². The molecule has 1 aromatic carbocycles. The van der Waals surface area contributed by atoms with Gasteiger partial charge < -0.3 is 25.0 Å². The van der Waals surface area contributed by atoms with E-state index in [1.807, 2.05) is 0 Å². The number of halogens is 1. The molecule has 6 nitrogen and oxygen atoms in total. The van der Waals surface area contributed by atoms with Crippen LogP contribution in [0.4, 0.5) is 5.69 Å². The summed E-state index contributed by atoms with van der Waals surface area (Å²) < 4.78 is 11.6. The number of methoxy groups -OCH3 is 1. The Morgan fingerprint density at radius 1 is 1.26 bits per heavy atom. The second-order valence-electron chi connectivity index (χ2n) is 6.60. The number of guanidine groups is 1. The number of para-hydroxylation sites is 1. The van der Waals surface area contributed by atoms with Crippen LogP contribution in [-0.2, 0) is 9.47 Å². The van der Waals surface area contributed by atoms with Gasteiger partial charge in [0.1, 0.15) is 0 Å². The van der Waals surface area contributed by atoms with Crippen LogP contribution in [0.2, 0.25) is 0 Å². The largest absolute Gasteiger partial charge is 0.382 e. The molecule has 1 atom stereocenters. The summed E-state index contributed by atoms with van der Waals surface area (Å²) in [6, 6.07) is 8.82. The second kappa shape index (κ2) is 13.0. The van der Waals surface area contributed by atoms with Crippen molar-refractivity contribution in [3.05, 3.63) is 28.7 Å². The fraction of sp³-hybridized carbons (Fsp3) is 0.650. The molecule has 1 saturated heterocycles. The number of nitrogens with zero attached hydrogens (tertiary/aromatic N) is 2. The maximum Gasteiger partial charge on any atom is 0.191 e. The Morgan fingerprint density at radius 2 is 2.11 bits per heavy atom. The Bertz CT molecular complexity index is 571. The Hall–Kier alpha value is -1.31. The van der Waals surface area contributed by atoms with E-state index in [0.717, 1.165) is 62.5 Å². The Morgan fingerprint density at radius 3 is 2.89 bits per heavy atom. The summed E-state index contributed by atoms with van der Waals surface area (Å²) in [6.07, 6.45) is 3.16. The highest BCUT2D eigenvalue weighted by Crippen LogP contribution is 2.28. The van der Waals surface area contributed by atoms with Gasteiger partial charge in [-0.1, -0.05) is 12.1 Å². The molecular formula is C20H33BrN4O2. The fourth-order valence-electron chi connectivity index (χ4n) is 3.07. The van der Waals surface area contributed by atoms with Crippen LogP contribution in [0.15, 0.2) is 33.7 Å². The summed E-state index contributed by atoms with van der Waals surface area (Å²) in [5, 5.41) is 6.95. The molecule has 1 unspecified atom stereocenters. The molecule has 7 heteroatoms. The first-order valence-corrected chi connectivity index (χ1v) is 10.6. The van der Waals surface area contributed by atoms with Crippen LogP contribution in [0.3, 0.4) is 0 Å². The third kappa shape index (κ3) is 8.07. The standard InChI is InChI=1S/C20H33BrN4O2/c1-3-22-20(23-11-6-7-13-27-15-14-26-2)24-17-10-12-25(16-17)19-9-5-4-8-18(19)21/h4-5,8-9,17H,3,6-7,10-16H2,1-2H3,(H2,22,23,24). The van der Waals surface area contributed by atoms with Crippen LogP contribution < -0.4 is 15.5 Å². The highest BCUT2D eigenvalue weighted by molar-refractivity contribution is 9.10. The van der Waals surface area contributed by atoms with Gasteiger partial charge in [-0.2, -0.15) is 0 Å². The van der Waals surface area contributed by atoms with Crippen LogP contribution in [0.1, 0.15) is 26.2 Å². The lowest BCUT2D eigenvalue weighted by Crippen LogP contribution is -2.44. The van der Waals surface area contributed by atoms with Gasteiger partial charge in [0.2, 0.25) is 0 Å². The van der Waals surface area contributed by atoms with Gasteiger partial charge in [-0.15, -0.1) is 0 Å². The fourth-order valence-corrected chi connectivity index (χ4v) is 3.61. The van der Waals surface area contributed by atoms with Crippen molar-refractivity contribution in [3.8, 4) is 0 Å². The van der Waals surface area contributed by atoms with E-state index < -0.39 is 0 Å². The van der Waals surface area contributed by atoms with Crippen molar-refractivity contribution in [1.82, 2.24) is 10.6 Å². The molecular weight excluding hydrogens is 408 g/mol. The minimum atomic E-state index is 0.410. The lowest BCUT2D eigenvalue weighted by molar-refractivity contribution is 0.0690. The molecule has 0 saturated carbocycles. The molecule has 1 aromatic rings. The molecule has 0 radical (unpaired) electrons. The van der Waals surface area contributed by atoms with Crippen LogP contribution >= 0.6 is 15.9 Å². The molecule has 27 heavy (non-hydrogen) atoms. The average Bonchev–Trinajstić information content (AvgIpc) is 3.12. The SMILES string of the molecule is CCNC(=NCCCCOCCOC)NC1CCN(c2ccccc2Br)C1. The molecule has 0 aliphatic carbocycles. The van der Waals surface area contributed by atoms with Gasteiger partial charge in [-0.25, -0.2) is 0 Å². The van der Waals surface area contributed by atoms with Gasteiger partial charge in [0.15, 0.2) is 5.96 Å². The van der Waals surface area contributed by atoms with E-state index in [9.17, 15) is 0 Å². The molecule has 0 aromatic heterocycles. The molecule has 1 aliphatic rings. The topological polar surface area (TPSA) is 58.1 Å². The zero-order valence-corrected chi connectivity index (χ0v) is 18.1. The third-order valence-electron chi connectivity index (χ3n) is 4.46. The number of ether oxygens (including phenoxy) is 2. The molecule has 1 fully saturated rings. The number of benzene rings is 1. The minimum Gasteiger partial charge on any atom is -0.382 e. The summed E-state index contributed by atoms with van der Waals surface area (Å²) in [5.41, 5.74) is 1.26. The summed E-state index contributed by atoms with van der Waals surface area (Å²) in [6.45, 7) is 7.91. The zero-order chi connectivity index (χ0) is 19.3. The predicted molar refractivity (Wildman–Crippen MR) is 116 cm³/mol. The zero-order valence-electron chi connectivity index (χ0n) is 16.5. The first-order chi connectivity index (χ1) is 13.2. The maximum atomic E-state index is 5.49. The van der Waals surface area contributed by atoms with Crippen molar-refractivity contribution in [2.24, 2.45) is 4.99 Å². The smallest absolute Gasteiger partial charge is 0.191 e. The van der Waals surface area contributed by atoms with Crippen molar-refractivity contribution in [3.63, 3.8) is 0 Å². The Balaban J connectivity index is 1.73. The summed E-state index contributed by atoms with van der Waals surface area (Å²) in [4.78, 5) is 7.13. The van der Waals surface area contributed by atoms with Crippen LogP contribution in [0.5, 0.6) is 0 Å². The predicted octanol–water partition coefficient (Wildman–Crippen LogP) is 3.03. The number of rotatable bonds is 11. The van der Waals surface area contributed by atoms with Gasteiger partial charge in [0.25, 0.3) is 0 Å². The quantitative estimate of drug-likeness (QED) is 0.314. The monoisotopic (exact) mass is 440 g/mol. The Labute approximate surface area is 171 Å². The molecule has 152 valence electrons. The van der Waals surface area contributed by atoms with Crippen molar-refractivity contribution in [1.29, 1.82) is 0 Å². The van der Waals surface area contributed by atoms with E-state index in [2.05, 4.69) is 62.7 Å². The molecule has 1 heterocycles. The number of anilines is 1. The third-order valence-corrected chi connectivity index (χ3v) is 5.14. The average molecular weight is 441 g/mol. The number of nitrogens with one attached hydrogen (secondary N) is 2. The molecule has 2 rings (SSSR count). The van der Waals surface area contributed by atoms with E-state index in [1.54, 1.807) is 7.11 Å². The molecule has 0 bridgehead atoms. The van der Waals surface area contributed by atoms with Gasteiger partial charge in [-0.3, -0.25) is 4.99 Å². The Kier molecular flexibility index (Phi) is 10.6. The second-order valence-corrected chi connectivity index (χ2v) is 7.45. The van der Waals surface area contributed by atoms with E-state index in [0.29, 0.717) is 19.3 Å². The number of aliphatic imine (C=N–C) groups is 1. The number of hydrogen-bond donors (Lipinski definition) is 2. The summed E-state index contributed by atoms with van der Waals surface area (Å²) in [5.74, 6) is 0.914. The first-order valence-electron chi connectivity index (χ1n) is 9.85. The van der Waals surface area contributed by atoms with Gasteiger partial charge in [-0.05, 0) is 54.2 Å². The first kappa shape index (κ1) is 22.0. The van der Waals surface area contributed by atoms with Crippen LogP contribution in [0, 0.1) is 0 Å². The highest BCUT2D eigenvalue weighted by atomic mass is 79.9. The van der Waals surface area contributed by atoms with Gasteiger partial charge >= 0.3 is 0 Å². The lowest BCUT2D eigenvalue weighted by atomic mass is 10.2. The van der Waals surface area contributed by atoms with Crippen LogP contribution in [-0.4, -0.2) is 65.1 Å². The van der Waals surface area contributed by atoms with E-state index in [-0.39, 0.29) is 0 Å². The van der Waals surface area contributed by atoms with Crippen molar-refractivity contribution < 1.29 is 9.47 Å². The summed E-state index contributed by atoms with van der Waals surface area (Å²) >= 11 is 3.66. The van der Waals surface area contributed by atoms with Crippen LogP contribution in [0.25, 0.3) is 0 Å². The molecule has 0 spiro atoms. The van der Waals surface area contributed by atoms with Crippen molar-refractivity contribution in [2.45, 2.75) is 32.2 Å². The summed E-state index contributed by atoms with van der Waals surface area (Å²) in [7, 11) is 1.69. The van der Waals surface area contributed by atoms with Crippen molar-refractivity contribution >= 4 is 27.6 Å². The maximum absolute atomic E-state index is 5.49. The normalized spacial score (nSPS) is 17.4. The number of unbranched alkanes of at least 4 members (excludes halogenated alkanes) is 1. The lowest BCUT2D eigenvalue weighted by Gasteiger charge is -2.21. The van der Waals surface area contributed by atoms with Gasteiger partial charge in [0, 0.05) is 50.4 Å². The molecule has 0 amide bonds. The minimum absolute atomic E-state index is 0.410. The van der Waals surface area contributed by atoms with E-state index >= 15 is 0 Å². The molecule has 2 N–H and O–H groups in total. The van der Waals surface area contributed by atoms with Crippen molar-refractivity contribution in [2.75, 3.05) is 58.0 Å². The highest BCUT2D eigenvalue weighted by Gasteiger charge is 2.24. The number of hydrogen-bond acceptors (Lipinski definition) is 4. The molecule has 1 aliphatic heterocycles. The van der Waals surface area contributed by atoms with E-state index in [1.165, 1.54) is 5.69 Å².